The molecule has 1 fully saturated rings. The summed E-state index contributed by atoms with van der Waals surface area (Å²) >= 11 is 0. The third-order valence-corrected chi connectivity index (χ3v) is 4.00. The molecule has 0 atom stereocenters. The number of nitrogens with two attached hydrogens (primary N) is 1. The molecule has 1 aliphatic rings. The third-order valence-electron chi connectivity index (χ3n) is 4.00. The number of aromatic nitrogens is 1. The number of nitrogens with one attached hydrogen (secondary N) is 1. The molecule has 3 N–H and O–H groups in total. The topological polar surface area (TPSA) is 84.0 Å². The van der Waals surface area contributed by atoms with E-state index >= 15 is 0 Å². The van der Waals surface area contributed by atoms with Crippen LogP contribution in [-0.2, 0) is 4.74 Å². The smallest absolute Gasteiger partial charge is 0.143 e. The van der Waals surface area contributed by atoms with E-state index in [4.69, 9.17) is 15.7 Å². The molecule has 0 spiro atoms. The maximum absolute atomic E-state index is 9.11. The molecule has 0 aromatic carbocycles. The predicted octanol–water partition coefficient (Wildman–Crippen LogP) is 2.15. The minimum absolute atomic E-state index is 0.284. The van der Waals surface area contributed by atoms with Gasteiger partial charge in [-0.05, 0) is 30.7 Å². The summed E-state index contributed by atoms with van der Waals surface area (Å²) in [5, 5.41) is 12.5. The lowest BCUT2D eigenvalue weighted by Gasteiger charge is -2.42. The molecule has 0 unspecified atom stereocenters. The Bertz CT molecular complexity index is 477. The Morgan fingerprint density at radius 3 is 2.95 bits per heavy atom. The molecular formula is C14H20N4O. The highest BCUT2D eigenvalue weighted by Gasteiger charge is 2.36. The first-order valence-electron chi connectivity index (χ1n) is 6.58. The Morgan fingerprint density at radius 2 is 2.37 bits per heavy atom. The SMILES string of the molecule is COCCC1(CNc2ccnc(N)c2C#N)CCC1. The van der Waals surface area contributed by atoms with Gasteiger partial charge in [0.15, 0.2) is 0 Å². The van der Waals surface area contributed by atoms with Crippen molar-refractivity contribution in [2.24, 2.45) is 5.41 Å². The summed E-state index contributed by atoms with van der Waals surface area (Å²) in [5.74, 6) is 0.284. The Kier molecular flexibility index (Phi) is 4.23. The minimum atomic E-state index is 0.284. The van der Waals surface area contributed by atoms with Crippen LogP contribution in [0.2, 0.25) is 0 Å². The van der Waals surface area contributed by atoms with E-state index < -0.39 is 0 Å². The minimum Gasteiger partial charge on any atom is -0.385 e. The van der Waals surface area contributed by atoms with Gasteiger partial charge in [-0.1, -0.05) is 6.42 Å². The van der Waals surface area contributed by atoms with Crippen LogP contribution in [0.4, 0.5) is 11.5 Å². The van der Waals surface area contributed by atoms with Gasteiger partial charge in [-0.2, -0.15) is 5.26 Å². The number of rotatable bonds is 6. The normalized spacial score (nSPS) is 16.4. The molecule has 102 valence electrons. The zero-order valence-electron chi connectivity index (χ0n) is 11.3. The highest BCUT2D eigenvalue weighted by atomic mass is 16.5. The first-order chi connectivity index (χ1) is 9.21. The molecule has 0 amide bonds. The van der Waals surface area contributed by atoms with E-state index in [-0.39, 0.29) is 5.82 Å². The van der Waals surface area contributed by atoms with Crippen LogP contribution < -0.4 is 11.1 Å². The van der Waals surface area contributed by atoms with E-state index in [2.05, 4.69) is 16.4 Å². The molecule has 1 heterocycles. The number of nitrogen functional groups attached to an aromatic ring is 1. The van der Waals surface area contributed by atoms with Crippen LogP contribution in [0.5, 0.6) is 0 Å². The number of nitriles is 1. The average molecular weight is 260 g/mol. The fraction of sp³-hybridized carbons (Fsp3) is 0.571. The van der Waals surface area contributed by atoms with E-state index in [9.17, 15) is 0 Å². The van der Waals surface area contributed by atoms with Gasteiger partial charge in [-0.25, -0.2) is 4.98 Å². The van der Waals surface area contributed by atoms with Crippen LogP contribution in [0.15, 0.2) is 12.3 Å². The summed E-state index contributed by atoms with van der Waals surface area (Å²) in [6.45, 7) is 1.64. The maximum Gasteiger partial charge on any atom is 0.143 e. The molecule has 0 aliphatic heterocycles. The van der Waals surface area contributed by atoms with E-state index in [0.717, 1.165) is 25.3 Å². The largest absolute Gasteiger partial charge is 0.385 e. The van der Waals surface area contributed by atoms with Crippen molar-refractivity contribution in [1.82, 2.24) is 4.98 Å². The van der Waals surface area contributed by atoms with Crippen molar-refractivity contribution >= 4 is 11.5 Å². The van der Waals surface area contributed by atoms with Crippen molar-refractivity contribution in [3.05, 3.63) is 17.8 Å². The number of pyridine rings is 1. The van der Waals surface area contributed by atoms with Gasteiger partial charge in [0.05, 0.1) is 5.69 Å². The molecule has 0 bridgehead atoms. The van der Waals surface area contributed by atoms with Gasteiger partial charge >= 0.3 is 0 Å². The molecule has 1 aromatic rings. The van der Waals surface area contributed by atoms with Crippen LogP contribution >= 0.6 is 0 Å². The van der Waals surface area contributed by atoms with Crippen LogP contribution in [-0.4, -0.2) is 25.2 Å². The molecule has 1 aliphatic carbocycles. The molecule has 1 aromatic heterocycles. The highest BCUT2D eigenvalue weighted by molar-refractivity contribution is 5.66. The summed E-state index contributed by atoms with van der Waals surface area (Å²) in [6.07, 6.45) is 6.38. The molecule has 0 radical (unpaired) electrons. The molecule has 5 heteroatoms. The van der Waals surface area contributed by atoms with E-state index in [1.807, 2.05) is 0 Å². The monoisotopic (exact) mass is 260 g/mol. The second kappa shape index (κ2) is 5.89. The number of ether oxygens (including phenoxy) is 1. The summed E-state index contributed by atoms with van der Waals surface area (Å²) in [7, 11) is 1.73. The van der Waals surface area contributed by atoms with E-state index in [0.29, 0.717) is 11.0 Å². The summed E-state index contributed by atoms with van der Waals surface area (Å²) in [5.41, 5.74) is 7.22. The number of methoxy groups -OCH3 is 1. The fourth-order valence-corrected chi connectivity index (χ4v) is 2.54. The van der Waals surface area contributed by atoms with Crippen molar-refractivity contribution in [2.45, 2.75) is 25.7 Å². The first-order valence-corrected chi connectivity index (χ1v) is 6.58. The lowest BCUT2D eigenvalue weighted by atomic mass is 9.66. The van der Waals surface area contributed by atoms with Crippen molar-refractivity contribution in [1.29, 1.82) is 5.26 Å². The third kappa shape index (κ3) is 2.96. The lowest BCUT2D eigenvalue weighted by Crippen LogP contribution is -2.37. The molecule has 19 heavy (non-hydrogen) atoms. The molecular weight excluding hydrogens is 240 g/mol. The predicted molar refractivity (Wildman–Crippen MR) is 74.6 cm³/mol. The van der Waals surface area contributed by atoms with Gasteiger partial charge in [0, 0.05) is 26.5 Å². The number of nitrogens with zero attached hydrogens (tertiary/aromatic N) is 2. The van der Waals surface area contributed by atoms with Crippen molar-refractivity contribution < 1.29 is 4.74 Å². The van der Waals surface area contributed by atoms with Crippen LogP contribution in [0.25, 0.3) is 0 Å². The van der Waals surface area contributed by atoms with Crippen LogP contribution in [0.3, 0.4) is 0 Å². The standard InChI is InChI=1S/C14H20N4O/c1-19-8-6-14(4-2-5-14)10-18-12-3-7-17-13(16)11(12)9-15/h3,7H,2,4-6,8,10H2,1H3,(H3,16,17,18). The van der Waals surface area contributed by atoms with Crippen molar-refractivity contribution in [2.75, 3.05) is 31.3 Å². The molecule has 5 nitrogen and oxygen atoms in total. The molecule has 1 saturated carbocycles. The van der Waals surface area contributed by atoms with Gasteiger partial charge in [-0.3, -0.25) is 0 Å². The summed E-state index contributed by atoms with van der Waals surface area (Å²) in [6, 6.07) is 3.91. The van der Waals surface area contributed by atoms with Gasteiger partial charge in [0.2, 0.25) is 0 Å². The van der Waals surface area contributed by atoms with Gasteiger partial charge in [-0.15, -0.1) is 0 Å². The van der Waals surface area contributed by atoms with Crippen LogP contribution in [0, 0.1) is 16.7 Å². The second-order valence-corrected chi connectivity index (χ2v) is 5.18. The van der Waals surface area contributed by atoms with Gasteiger partial charge in [0.25, 0.3) is 0 Å². The molecule has 0 saturated heterocycles. The Morgan fingerprint density at radius 1 is 1.58 bits per heavy atom. The Hall–Kier alpha value is -1.80. The summed E-state index contributed by atoms with van der Waals surface area (Å²) in [4.78, 5) is 3.93. The average Bonchev–Trinajstić information content (AvgIpc) is 2.37. The van der Waals surface area contributed by atoms with Gasteiger partial charge in [0.1, 0.15) is 17.5 Å². The summed E-state index contributed by atoms with van der Waals surface area (Å²) < 4.78 is 5.18. The van der Waals surface area contributed by atoms with E-state index in [1.165, 1.54) is 19.3 Å². The highest BCUT2D eigenvalue weighted by Crippen LogP contribution is 2.44. The zero-order valence-corrected chi connectivity index (χ0v) is 11.3. The zero-order chi connectivity index (χ0) is 13.7. The quantitative estimate of drug-likeness (QED) is 0.818. The second-order valence-electron chi connectivity index (χ2n) is 5.18. The van der Waals surface area contributed by atoms with Gasteiger partial charge < -0.3 is 15.8 Å². The lowest BCUT2D eigenvalue weighted by molar-refractivity contribution is 0.0813. The Balaban J connectivity index is 2.02. The maximum atomic E-state index is 9.11. The van der Waals surface area contributed by atoms with E-state index in [1.54, 1.807) is 19.4 Å². The number of anilines is 2. The fourth-order valence-electron chi connectivity index (χ4n) is 2.54. The van der Waals surface area contributed by atoms with Crippen LogP contribution in [0.1, 0.15) is 31.2 Å². The number of hydrogen-bond donors (Lipinski definition) is 2. The first kappa shape index (κ1) is 13.6. The number of hydrogen-bond acceptors (Lipinski definition) is 5. The van der Waals surface area contributed by atoms with Crippen molar-refractivity contribution in [3.8, 4) is 6.07 Å². The Labute approximate surface area is 113 Å². The van der Waals surface area contributed by atoms with Crippen molar-refractivity contribution in [3.63, 3.8) is 0 Å². The molecule has 2 rings (SSSR count).